The number of hydroxylamine groups is 2. The molecule has 5 rings (SSSR count). The van der Waals surface area contributed by atoms with Gasteiger partial charge < -0.3 is 29.5 Å². The predicted molar refractivity (Wildman–Crippen MR) is 124 cm³/mol. The number of benzene rings is 1. The van der Waals surface area contributed by atoms with Gasteiger partial charge in [-0.25, -0.2) is 9.78 Å². The normalized spacial score (nSPS) is 20.2. The maximum Gasteiger partial charge on any atom is 0.410 e. The molecule has 2 aromatic heterocycles. The molecule has 0 spiro atoms. The Morgan fingerprint density at radius 2 is 1.91 bits per heavy atom. The van der Waals surface area contributed by atoms with E-state index in [9.17, 15) is 4.79 Å². The van der Waals surface area contributed by atoms with Gasteiger partial charge in [0.25, 0.3) is 0 Å². The summed E-state index contributed by atoms with van der Waals surface area (Å²) in [6.45, 7) is 7.49. The third-order valence-corrected chi connectivity index (χ3v) is 5.97. The zero-order valence-corrected chi connectivity index (χ0v) is 19.8. The standard InChI is InChI=1S/C23H29N7O4/c1-23(2,3)33-22(31)29-11-16-9-15(29)12-30(16)34-17-7-5-14(6-8-17)10-28-13-25-18-19(24)26-21(32-4)27-20(18)28/h5-8,13,15-16H,9-12H2,1-4H3,(H2,24,26,27)/t15-,16-/m0/s1. The third kappa shape index (κ3) is 4.30. The lowest BCUT2D eigenvalue weighted by atomic mass is 10.2. The molecule has 2 bridgehead atoms. The second-order valence-corrected chi connectivity index (χ2v) is 9.65. The van der Waals surface area contributed by atoms with Gasteiger partial charge in [-0.3, -0.25) is 0 Å². The average Bonchev–Trinajstić information content (AvgIpc) is 3.48. The second kappa shape index (κ2) is 8.32. The molecule has 0 radical (unpaired) electrons. The fourth-order valence-electron chi connectivity index (χ4n) is 4.43. The first-order valence-electron chi connectivity index (χ1n) is 11.3. The summed E-state index contributed by atoms with van der Waals surface area (Å²) >= 11 is 0. The molecule has 1 aromatic carbocycles. The van der Waals surface area contributed by atoms with E-state index in [1.165, 1.54) is 7.11 Å². The van der Waals surface area contributed by atoms with Crippen molar-refractivity contribution in [2.45, 2.75) is 51.4 Å². The van der Waals surface area contributed by atoms with Gasteiger partial charge in [-0.2, -0.15) is 9.97 Å². The summed E-state index contributed by atoms with van der Waals surface area (Å²) in [6, 6.07) is 8.37. The van der Waals surface area contributed by atoms with Crippen LogP contribution in [-0.2, 0) is 11.3 Å². The quantitative estimate of drug-likeness (QED) is 0.603. The molecule has 34 heavy (non-hydrogen) atoms. The molecular formula is C23H29N7O4. The number of carbonyl (C=O) groups excluding carboxylic acids is 1. The number of piperazine rings is 1. The third-order valence-electron chi connectivity index (χ3n) is 5.97. The lowest BCUT2D eigenvalue weighted by Crippen LogP contribution is -2.50. The minimum atomic E-state index is -0.495. The smallest absolute Gasteiger partial charge is 0.410 e. The van der Waals surface area contributed by atoms with Crippen LogP contribution in [0.2, 0.25) is 0 Å². The number of imidazole rings is 1. The molecule has 2 N–H and O–H groups in total. The van der Waals surface area contributed by atoms with Gasteiger partial charge in [0.05, 0.1) is 38.6 Å². The van der Waals surface area contributed by atoms with Gasteiger partial charge in [0, 0.05) is 6.54 Å². The number of ether oxygens (including phenoxy) is 2. The maximum atomic E-state index is 12.4. The Balaban J connectivity index is 1.21. The van der Waals surface area contributed by atoms with Gasteiger partial charge in [0.15, 0.2) is 17.0 Å². The average molecular weight is 468 g/mol. The van der Waals surface area contributed by atoms with Gasteiger partial charge in [-0.15, -0.1) is 5.06 Å². The van der Waals surface area contributed by atoms with Crippen molar-refractivity contribution in [2.24, 2.45) is 0 Å². The number of carbonyl (C=O) groups is 1. The minimum absolute atomic E-state index is 0.111. The van der Waals surface area contributed by atoms with E-state index < -0.39 is 5.60 Å². The number of hydrogen-bond donors (Lipinski definition) is 1. The summed E-state index contributed by atoms with van der Waals surface area (Å²) in [5.41, 5.74) is 7.68. The number of aromatic nitrogens is 4. The SMILES string of the molecule is COc1nc(N)c2ncn(Cc3ccc(ON4C[C@@H]5C[C@H]4CN5C(=O)OC(C)(C)C)cc3)c2n1. The Morgan fingerprint density at radius 1 is 1.15 bits per heavy atom. The molecule has 2 fully saturated rings. The van der Waals surface area contributed by atoms with E-state index >= 15 is 0 Å². The molecule has 2 atom stereocenters. The van der Waals surface area contributed by atoms with Crippen LogP contribution in [0.25, 0.3) is 11.2 Å². The molecule has 0 aliphatic carbocycles. The summed E-state index contributed by atoms with van der Waals surface area (Å²) in [7, 11) is 1.50. The van der Waals surface area contributed by atoms with Crippen molar-refractivity contribution >= 4 is 23.1 Å². The Bertz CT molecular complexity index is 1200. The number of nitrogens with zero attached hydrogens (tertiary/aromatic N) is 6. The largest absolute Gasteiger partial charge is 0.467 e. The fourth-order valence-corrected chi connectivity index (χ4v) is 4.43. The second-order valence-electron chi connectivity index (χ2n) is 9.65. The number of methoxy groups -OCH3 is 1. The molecule has 2 aliphatic rings. The number of likely N-dealkylation sites (tertiary alicyclic amines) is 1. The molecule has 0 saturated carbocycles. The Labute approximate surface area is 197 Å². The molecule has 2 aliphatic heterocycles. The first-order chi connectivity index (χ1) is 16.2. The van der Waals surface area contributed by atoms with Crippen molar-refractivity contribution in [1.29, 1.82) is 0 Å². The van der Waals surface area contributed by atoms with Crippen LogP contribution in [0, 0.1) is 0 Å². The highest BCUT2D eigenvalue weighted by Crippen LogP contribution is 2.33. The number of hydrogen-bond acceptors (Lipinski definition) is 9. The summed E-state index contributed by atoms with van der Waals surface area (Å²) in [6.07, 6.45) is 2.33. The van der Waals surface area contributed by atoms with Crippen molar-refractivity contribution in [3.05, 3.63) is 36.2 Å². The summed E-state index contributed by atoms with van der Waals surface area (Å²) in [4.78, 5) is 33.1. The van der Waals surface area contributed by atoms with Gasteiger partial charge >= 0.3 is 12.1 Å². The van der Waals surface area contributed by atoms with Crippen LogP contribution in [0.3, 0.4) is 0 Å². The van der Waals surface area contributed by atoms with Crippen molar-refractivity contribution < 1.29 is 19.1 Å². The first-order valence-corrected chi connectivity index (χ1v) is 11.3. The van der Waals surface area contributed by atoms with Crippen molar-refractivity contribution in [3.8, 4) is 11.8 Å². The van der Waals surface area contributed by atoms with E-state index in [0.29, 0.717) is 30.8 Å². The van der Waals surface area contributed by atoms with Crippen LogP contribution < -0.4 is 15.3 Å². The highest BCUT2D eigenvalue weighted by molar-refractivity contribution is 5.82. The van der Waals surface area contributed by atoms with Gasteiger partial charge in [-0.05, 0) is 44.9 Å². The maximum absolute atomic E-state index is 12.4. The van der Waals surface area contributed by atoms with Crippen molar-refractivity contribution in [2.75, 3.05) is 25.9 Å². The van der Waals surface area contributed by atoms with E-state index in [2.05, 4.69) is 15.0 Å². The Kier molecular flexibility index (Phi) is 5.43. The molecule has 1 amide bonds. The minimum Gasteiger partial charge on any atom is -0.467 e. The van der Waals surface area contributed by atoms with Crippen LogP contribution in [0.15, 0.2) is 30.6 Å². The Hall–Kier alpha value is -3.60. The molecule has 4 heterocycles. The van der Waals surface area contributed by atoms with E-state index in [0.717, 1.165) is 17.7 Å². The molecule has 11 heteroatoms. The number of rotatable bonds is 5. The van der Waals surface area contributed by atoms with Crippen LogP contribution in [-0.4, -0.2) is 73.5 Å². The number of fused-ring (bicyclic) bond motifs is 3. The van der Waals surface area contributed by atoms with Gasteiger partial charge in [0.1, 0.15) is 11.4 Å². The highest BCUT2D eigenvalue weighted by Gasteiger charge is 2.47. The van der Waals surface area contributed by atoms with Crippen LogP contribution in [0.1, 0.15) is 32.8 Å². The number of nitrogen functional groups attached to an aromatic ring is 1. The molecule has 2 saturated heterocycles. The zero-order chi connectivity index (χ0) is 24.0. The summed E-state index contributed by atoms with van der Waals surface area (Å²) in [5, 5.41) is 1.97. The van der Waals surface area contributed by atoms with Crippen LogP contribution >= 0.6 is 0 Å². The summed E-state index contributed by atoms with van der Waals surface area (Å²) in [5.74, 6) is 1.04. The van der Waals surface area contributed by atoms with Crippen molar-refractivity contribution in [3.63, 3.8) is 0 Å². The Morgan fingerprint density at radius 3 is 2.56 bits per heavy atom. The predicted octanol–water partition coefficient (Wildman–Crippen LogP) is 2.45. The van der Waals surface area contributed by atoms with Gasteiger partial charge in [-0.1, -0.05) is 12.1 Å². The molecule has 180 valence electrons. The molecule has 0 unspecified atom stereocenters. The topological polar surface area (TPSA) is 121 Å². The number of nitrogens with two attached hydrogens (primary N) is 1. The zero-order valence-electron chi connectivity index (χ0n) is 19.8. The first kappa shape index (κ1) is 22.2. The fraction of sp³-hybridized carbons (Fsp3) is 0.478. The number of anilines is 1. The van der Waals surface area contributed by atoms with Crippen LogP contribution in [0.5, 0.6) is 11.8 Å². The van der Waals surface area contributed by atoms with E-state index in [1.54, 1.807) is 6.33 Å². The van der Waals surface area contributed by atoms with Crippen molar-refractivity contribution in [1.82, 2.24) is 29.5 Å². The molecule has 11 nitrogen and oxygen atoms in total. The molecule has 3 aromatic rings. The lowest BCUT2D eigenvalue weighted by Gasteiger charge is -2.34. The van der Waals surface area contributed by atoms with Crippen LogP contribution in [0.4, 0.5) is 10.6 Å². The highest BCUT2D eigenvalue weighted by atomic mass is 16.7. The lowest BCUT2D eigenvalue weighted by molar-refractivity contribution is -0.0958. The molecular weight excluding hydrogens is 438 g/mol. The van der Waals surface area contributed by atoms with E-state index in [1.807, 2.05) is 59.6 Å². The monoisotopic (exact) mass is 467 g/mol. The number of amides is 1. The van der Waals surface area contributed by atoms with E-state index in [4.69, 9.17) is 20.0 Å². The van der Waals surface area contributed by atoms with Gasteiger partial charge in [0.2, 0.25) is 0 Å². The summed E-state index contributed by atoms with van der Waals surface area (Å²) < 4.78 is 12.6. The van der Waals surface area contributed by atoms with E-state index in [-0.39, 0.29) is 30.0 Å².